The molecule has 5 nitrogen and oxygen atoms in total. The summed E-state index contributed by atoms with van der Waals surface area (Å²) in [6, 6.07) is 0. The summed E-state index contributed by atoms with van der Waals surface area (Å²) in [6.07, 6.45) is 1.36. The molecule has 1 aliphatic rings. The lowest BCUT2D eigenvalue weighted by Crippen LogP contribution is -2.46. The van der Waals surface area contributed by atoms with Crippen LogP contribution in [0.3, 0.4) is 0 Å². The van der Waals surface area contributed by atoms with Gasteiger partial charge in [0.1, 0.15) is 18.5 Å². The Kier molecular flexibility index (Phi) is 5.14. The van der Waals surface area contributed by atoms with Crippen LogP contribution in [-0.2, 0) is 19.1 Å². The molecule has 2 atom stereocenters. The molecule has 1 saturated heterocycles. The van der Waals surface area contributed by atoms with Crippen molar-refractivity contribution in [3.8, 4) is 0 Å². The van der Waals surface area contributed by atoms with E-state index < -0.39 is 5.97 Å². The number of carbonyl (C=O) groups excluding carboxylic acids is 2. The Balaban J connectivity index is 2.32. The number of hydrogen-bond donors (Lipinski definition) is 0. The van der Waals surface area contributed by atoms with Crippen LogP contribution >= 0.6 is 0 Å². The van der Waals surface area contributed by atoms with Crippen molar-refractivity contribution in [1.82, 2.24) is 4.90 Å². The number of ether oxygens (including phenoxy) is 2. The first-order chi connectivity index (χ1) is 7.65. The minimum atomic E-state index is -0.423. The van der Waals surface area contributed by atoms with Crippen LogP contribution in [0.15, 0.2) is 12.7 Å². The zero-order valence-electron chi connectivity index (χ0n) is 9.43. The largest absolute Gasteiger partial charge is 0.458 e. The topological polar surface area (TPSA) is 55.8 Å². The molecule has 1 heterocycles. The molecule has 0 radical (unpaired) electrons. The van der Waals surface area contributed by atoms with E-state index in [1.165, 1.54) is 0 Å². The van der Waals surface area contributed by atoms with E-state index in [0.29, 0.717) is 19.7 Å². The predicted octanol–water partition coefficient (Wildman–Crippen LogP) is 0.00380. The molecule has 5 heteroatoms. The first kappa shape index (κ1) is 12.9. The van der Waals surface area contributed by atoms with Gasteiger partial charge in [0.15, 0.2) is 0 Å². The molecule has 0 aliphatic carbocycles. The van der Waals surface area contributed by atoms with E-state index in [0.717, 1.165) is 18.9 Å². The molecule has 0 saturated carbocycles. The fraction of sp³-hybridized carbons (Fsp3) is 0.636. The third-order valence-corrected chi connectivity index (χ3v) is 2.33. The van der Waals surface area contributed by atoms with Crippen LogP contribution in [0, 0.1) is 0 Å². The maximum absolute atomic E-state index is 10.9. The molecule has 1 fully saturated rings. The van der Waals surface area contributed by atoms with Gasteiger partial charge in [0.05, 0.1) is 6.61 Å². The van der Waals surface area contributed by atoms with Crippen LogP contribution in [0.5, 0.6) is 0 Å². The van der Waals surface area contributed by atoms with Gasteiger partial charge in [-0.05, 0) is 6.92 Å². The van der Waals surface area contributed by atoms with Gasteiger partial charge in [-0.1, -0.05) is 6.58 Å². The molecule has 0 amide bonds. The minimum absolute atomic E-state index is 0.212. The number of carbonyl (C=O) groups is 2. The zero-order valence-corrected chi connectivity index (χ0v) is 9.43. The summed E-state index contributed by atoms with van der Waals surface area (Å²) in [5, 5.41) is 0. The van der Waals surface area contributed by atoms with Gasteiger partial charge in [0, 0.05) is 25.7 Å². The Bertz CT molecular complexity index is 267. The quantitative estimate of drug-likeness (QED) is 0.376. The van der Waals surface area contributed by atoms with Crippen molar-refractivity contribution >= 4 is 12.3 Å². The highest BCUT2D eigenvalue weighted by Gasteiger charge is 2.21. The Morgan fingerprint density at radius 2 is 2.50 bits per heavy atom. The Morgan fingerprint density at radius 3 is 3.12 bits per heavy atom. The van der Waals surface area contributed by atoms with E-state index in [4.69, 9.17) is 9.47 Å². The summed E-state index contributed by atoms with van der Waals surface area (Å²) in [5.74, 6) is -0.423. The standard InChI is InChI=1S/C11H17NO4/c1-3-11(14)16-9(2)6-12-4-5-15-10(7-12)8-13/h3,8-10H,1,4-7H2,2H3. The Hall–Kier alpha value is -1.20. The van der Waals surface area contributed by atoms with Crippen molar-refractivity contribution in [3.63, 3.8) is 0 Å². The van der Waals surface area contributed by atoms with Crippen LogP contribution in [0.2, 0.25) is 0 Å². The minimum Gasteiger partial charge on any atom is -0.458 e. The van der Waals surface area contributed by atoms with Gasteiger partial charge in [0.25, 0.3) is 0 Å². The Morgan fingerprint density at radius 1 is 1.75 bits per heavy atom. The lowest BCUT2D eigenvalue weighted by molar-refractivity contribution is -0.144. The summed E-state index contributed by atoms with van der Waals surface area (Å²) < 4.78 is 10.3. The summed E-state index contributed by atoms with van der Waals surface area (Å²) in [6.45, 7) is 7.59. The number of aldehydes is 1. The third-order valence-electron chi connectivity index (χ3n) is 2.33. The lowest BCUT2D eigenvalue weighted by atomic mass is 10.2. The zero-order chi connectivity index (χ0) is 12.0. The second-order valence-corrected chi connectivity index (χ2v) is 3.76. The van der Waals surface area contributed by atoms with Gasteiger partial charge < -0.3 is 14.3 Å². The third kappa shape index (κ3) is 4.12. The maximum Gasteiger partial charge on any atom is 0.330 e. The van der Waals surface area contributed by atoms with Crippen molar-refractivity contribution in [2.75, 3.05) is 26.2 Å². The molecule has 1 rings (SSSR count). The van der Waals surface area contributed by atoms with Gasteiger partial charge >= 0.3 is 5.97 Å². The highest BCUT2D eigenvalue weighted by atomic mass is 16.5. The molecule has 16 heavy (non-hydrogen) atoms. The van der Waals surface area contributed by atoms with Gasteiger partial charge in [-0.25, -0.2) is 4.79 Å². The van der Waals surface area contributed by atoms with Crippen LogP contribution in [-0.4, -0.2) is 55.6 Å². The summed E-state index contributed by atoms with van der Waals surface area (Å²) >= 11 is 0. The van der Waals surface area contributed by atoms with Crippen molar-refractivity contribution in [2.24, 2.45) is 0 Å². The summed E-state index contributed by atoms with van der Waals surface area (Å²) in [5.41, 5.74) is 0. The number of rotatable bonds is 5. The van der Waals surface area contributed by atoms with Crippen molar-refractivity contribution < 1.29 is 19.1 Å². The fourth-order valence-corrected chi connectivity index (χ4v) is 1.63. The van der Waals surface area contributed by atoms with Crippen LogP contribution in [0.1, 0.15) is 6.92 Å². The van der Waals surface area contributed by atoms with Crippen molar-refractivity contribution in [1.29, 1.82) is 0 Å². The highest BCUT2D eigenvalue weighted by molar-refractivity contribution is 5.81. The van der Waals surface area contributed by atoms with Gasteiger partial charge in [-0.3, -0.25) is 4.90 Å². The monoisotopic (exact) mass is 227 g/mol. The highest BCUT2D eigenvalue weighted by Crippen LogP contribution is 2.05. The van der Waals surface area contributed by atoms with Gasteiger partial charge in [-0.2, -0.15) is 0 Å². The molecule has 1 aliphatic heterocycles. The number of hydrogen-bond acceptors (Lipinski definition) is 5. The number of esters is 1. The molecule has 0 aromatic heterocycles. The maximum atomic E-state index is 10.9. The molecule has 0 spiro atoms. The number of nitrogens with zero attached hydrogens (tertiary/aromatic N) is 1. The van der Waals surface area contributed by atoms with Crippen molar-refractivity contribution in [2.45, 2.75) is 19.1 Å². The molecular formula is C11H17NO4. The smallest absolute Gasteiger partial charge is 0.330 e. The van der Waals surface area contributed by atoms with Crippen LogP contribution < -0.4 is 0 Å². The molecular weight excluding hydrogens is 210 g/mol. The normalized spacial score (nSPS) is 23.4. The molecule has 0 N–H and O–H groups in total. The lowest BCUT2D eigenvalue weighted by Gasteiger charge is -2.31. The number of morpholine rings is 1. The van der Waals surface area contributed by atoms with E-state index in [2.05, 4.69) is 6.58 Å². The Labute approximate surface area is 95.0 Å². The average molecular weight is 227 g/mol. The van der Waals surface area contributed by atoms with E-state index >= 15 is 0 Å². The fourth-order valence-electron chi connectivity index (χ4n) is 1.63. The molecule has 0 bridgehead atoms. The molecule has 0 aromatic carbocycles. The summed E-state index contributed by atoms with van der Waals surface area (Å²) in [7, 11) is 0. The van der Waals surface area contributed by atoms with Crippen molar-refractivity contribution in [3.05, 3.63) is 12.7 Å². The molecule has 2 unspecified atom stereocenters. The first-order valence-electron chi connectivity index (χ1n) is 5.28. The van der Waals surface area contributed by atoms with Crippen LogP contribution in [0.25, 0.3) is 0 Å². The first-order valence-corrected chi connectivity index (χ1v) is 5.28. The SMILES string of the molecule is C=CC(=O)OC(C)CN1CCOC(C=O)C1. The van der Waals surface area contributed by atoms with E-state index in [1.54, 1.807) is 0 Å². The second kappa shape index (κ2) is 6.40. The van der Waals surface area contributed by atoms with Gasteiger partial charge in [-0.15, -0.1) is 0 Å². The van der Waals surface area contributed by atoms with E-state index in [9.17, 15) is 9.59 Å². The van der Waals surface area contributed by atoms with E-state index in [-0.39, 0.29) is 12.2 Å². The van der Waals surface area contributed by atoms with E-state index in [1.807, 2.05) is 11.8 Å². The molecule has 0 aromatic rings. The predicted molar refractivity (Wildman–Crippen MR) is 58.0 cm³/mol. The van der Waals surface area contributed by atoms with Crippen LogP contribution in [0.4, 0.5) is 0 Å². The molecule has 90 valence electrons. The van der Waals surface area contributed by atoms with Gasteiger partial charge in [0.2, 0.25) is 0 Å². The second-order valence-electron chi connectivity index (χ2n) is 3.76. The average Bonchev–Trinajstić information content (AvgIpc) is 2.28. The summed E-state index contributed by atoms with van der Waals surface area (Å²) in [4.78, 5) is 23.6.